The first-order valence-electron chi connectivity index (χ1n) is 7.34. The summed E-state index contributed by atoms with van der Waals surface area (Å²) in [7, 11) is -5.29. The molecule has 2 rings (SSSR count). The zero-order chi connectivity index (χ0) is 20.4. The third-order valence-corrected chi connectivity index (χ3v) is 4.16. The summed E-state index contributed by atoms with van der Waals surface area (Å²) < 4.78 is 9.21. The van der Waals surface area contributed by atoms with Crippen LogP contribution in [0, 0.1) is 20.2 Å². The van der Waals surface area contributed by atoms with Crippen molar-refractivity contribution in [3.8, 4) is 0 Å². The van der Waals surface area contributed by atoms with Gasteiger partial charge >= 0.3 is 59.1 Å². The molecule has 29 heavy (non-hydrogen) atoms. The Hall–Kier alpha value is -0.0300. The number of anilines is 1. The van der Waals surface area contributed by atoms with Crippen molar-refractivity contribution in [3.05, 3.63) is 38.4 Å². The minimum Gasteiger partial charge on any atom is -0.663 e. The summed E-state index contributed by atoms with van der Waals surface area (Å²) in [4.78, 5) is 51.5. The molecule has 1 aromatic rings. The van der Waals surface area contributed by atoms with E-state index < -0.39 is 60.4 Å². The smallest absolute Gasteiger partial charge is 0.663 e. The van der Waals surface area contributed by atoms with Crippen LogP contribution >= 0.6 is 8.17 Å². The van der Waals surface area contributed by atoms with Crippen LogP contribution in [-0.4, -0.2) is 57.6 Å². The zero-order valence-corrected chi connectivity index (χ0v) is 20.3. The number of nitrogens with zero attached hydrogens (tertiary/aromatic N) is 2. The van der Waals surface area contributed by atoms with Crippen LogP contribution in [-0.2, 0) is 9.26 Å². The van der Waals surface area contributed by atoms with Gasteiger partial charge in [-0.1, -0.05) is 0 Å². The molecule has 0 bridgehead atoms. The van der Waals surface area contributed by atoms with Crippen molar-refractivity contribution in [1.82, 2.24) is 0 Å². The molecule has 150 valence electrons. The molecule has 0 unspecified atom stereocenters. The molecule has 1 heterocycles. The van der Waals surface area contributed by atoms with E-state index >= 15 is 0 Å². The molecule has 0 radical (unpaired) electrons. The number of ether oxygens (including phenoxy) is 1. The monoisotopic (exact) mass is 453 g/mol. The number of nitrogens with one attached hydrogen (secondary N) is 1. The SMILES string of the molecule is O=[N+]([O-])c1cc(NC[C@H]2O[C@H](CO[P+]([O-])([O-])[O-])[C@@H](O)[C@H]2O)cc([N+](=O)[O-])c1.[Na+].[Na+]. The molecule has 1 aliphatic rings. The third-order valence-electron chi connectivity index (χ3n) is 3.69. The molecule has 0 aromatic heterocycles. The van der Waals surface area contributed by atoms with Crippen LogP contribution in [0.4, 0.5) is 17.1 Å². The molecule has 4 atom stereocenters. The van der Waals surface area contributed by atoms with Crippen LogP contribution in [0.5, 0.6) is 0 Å². The predicted molar refractivity (Wildman–Crippen MR) is 81.8 cm³/mol. The molecule has 0 aliphatic carbocycles. The quantitative estimate of drug-likeness (QED) is 0.144. The summed E-state index contributed by atoms with van der Waals surface area (Å²) in [5, 5.41) is 44.0. The molecule has 3 N–H and O–H groups in total. The first kappa shape index (κ1) is 29.0. The van der Waals surface area contributed by atoms with Crippen molar-refractivity contribution in [3.63, 3.8) is 0 Å². The van der Waals surface area contributed by atoms with Gasteiger partial charge in [-0.25, -0.2) is 0 Å². The second-order valence-corrected chi connectivity index (χ2v) is 6.72. The Kier molecular flexibility index (Phi) is 12.1. The van der Waals surface area contributed by atoms with Crippen LogP contribution in [0.3, 0.4) is 0 Å². The maximum Gasteiger partial charge on any atom is 1.00 e. The van der Waals surface area contributed by atoms with E-state index in [2.05, 4.69) is 9.84 Å². The Labute approximate surface area is 208 Å². The second-order valence-electron chi connectivity index (χ2n) is 5.57. The maximum absolute atomic E-state index is 10.8. The van der Waals surface area contributed by atoms with E-state index in [1.165, 1.54) is 0 Å². The van der Waals surface area contributed by atoms with Gasteiger partial charge in [0.2, 0.25) is 0 Å². The van der Waals surface area contributed by atoms with E-state index in [1.807, 2.05) is 0 Å². The van der Waals surface area contributed by atoms with Gasteiger partial charge in [0, 0.05) is 24.4 Å². The topological polar surface area (TPSA) is 226 Å². The normalized spacial score (nSPS) is 23.6. The van der Waals surface area contributed by atoms with Crippen molar-refractivity contribution >= 4 is 25.2 Å². The molecule has 0 amide bonds. The molecule has 1 aromatic carbocycles. The number of rotatable bonds is 8. The van der Waals surface area contributed by atoms with E-state index in [4.69, 9.17) is 4.74 Å². The number of non-ortho nitro benzene ring substituents is 2. The second kappa shape index (κ2) is 12.1. The number of hydrogen-bond donors (Lipinski definition) is 3. The first-order valence-corrected chi connectivity index (χ1v) is 8.80. The molecule has 1 aliphatic heterocycles. The Morgan fingerprint density at radius 2 is 1.48 bits per heavy atom. The van der Waals surface area contributed by atoms with Gasteiger partial charge in [-0.3, -0.25) is 24.8 Å². The van der Waals surface area contributed by atoms with Crippen molar-refractivity contribution in [2.75, 3.05) is 18.5 Å². The molecule has 0 spiro atoms. The average molecular weight is 453 g/mol. The third kappa shape index (κ3) is 8.55. The van der Waals surface area contributed by atoms with Gasteiger partial charge in [-0.2, -0.15) is 0 Å². The van der Waals surface area contributed by atoms with Gasteiger partial charge in [0.05, 0.1) is 15.9 Å². The molecule has 0 saturated carbocycles. The Morgan fingerprint density at radius 1 is 1.00 bits per heavy atom. The summed E-state index contributed by atoms with van der Waals surface area (Å²) in [6.07, 6.45) is -5.45. The van der Waals surface area contributed by atoms with Crippen molar-refractivity contribution in [2.45, 2.75) is 24.4 Å². The molecule has 1 fully saturated rings. The van der Waals surface area contributed by atoms with E-state index in [9.17, 15) is 45.1 Å². The van der Waals surface area contributed by atoms with Gasteiger partial charge < -0.3 is 34.9 Å². The van der Waals surface area contributed by atoms with Crippen LogP contribution in [0.1, 0.15) is 0 Å². The van der Waals surface area contributed by atoms with Gasteiger partial charge in [0.1, 0.15) is 31.0 Å². The van der Waals surface area contributed by atoms with Crippen molar-refractivity contribution in [2.24, 2.45) is 0 Å². The Bertz CT molecular complexity index is 691. The van der Waals surface area contributed by atoms with Gasteiger partial charge in [0.15, 0.2) is 0 Å². The molecular formula is C12H14N3Na2O11P. The number of aliphatic hydroxyl groups excluding tert-OH is 2. The maximum atomic E-state index is 10.8. The molecular weight excluding hydrogens is 439 g/mol. The van der Waals surface area contributed by atoms with Crippen LogP contribution in [0.25, 0.3) is 0 Å². The van der Waals surface area contributed by atoms with E-state index in [-0.39, 0.29) is 71.3 Å². The molecule has 17 heteroatoms. The van der Waals surface area contributed by atoms with E-state index in [0.29, 0.717) is 0 Å². The van der Waals surface area contributed by atoms with Gasteiger partial charge in [0.25, 0.3) is 11.4 Å². The summed E-state index contributed by atoms with van der Waals surface area (Å²) in [5.74, 6) is 0. The Morgan fingerprint density at radius 3 is 1.93 bits per heavy atom. The van der Waals surface area contributed by atoms with E-state index in [1.54, 1.807) is 0 Å². The summed E-state index contributed by atoms with van der Waals surface area (Å²) in [6, 6.07) is 2.82. The minimum absolute atomic E-state index is 0. The number of phosphoric acid groups is 1. The fraction of sp³-hybridized carbons (Fsp3) is 0.500. The fourth-order valence-electron chi connectivity index (χ4n) is 2.42. The zero-order valence-electron chi connectivity index (χ0n) is 15.4. The molecule has 1 saturated heterocycles. The van der Waals surface area contributed by atoms with Crippen LogP contribution in [0.15, 0.2) is 18.2 Å². The number of phosphoric ester groups is 1. The van der Waals surface area contributed by atoms with Gasteiger partial charge in [-0.05, 0) is 8.17 Å². The summed E-state index contributed by atoms with van der Waals surface area (Å²) in [5.41, 5.74) is -1.08. The van der Waals surface area contributed by atoms with Crippen molar-refractivity contribution in [1.29, 1.82) is 0 Å². The number of aliphatic hydroxyl groups is 2. The largest absolute Gasteiger partial charge is 1.00 e. The number of nitro groups is 2. The van der Waals surface area contributed by atoms with Crippen LogP contribution < -0.4 is 79.1 Å². The van der Waals surface area contributed by atoms with Crippen molar-refractivity contribution < 1.29 is 103 Å². The Balaban J connectivity index is 0.00000392. The first-order chi connectivity index (χ1) is 12.5. The average Bonchev–Trinajstić information content (AvgIpc) is 2.85. The number of hydrogen-bond acceptors (Lipinski definition) is 12. The van der Waals surface area contributed by atoms with Gasteiger partial charge in [-0.15, -0.1) is 0 Å². The standard InChI is InChI=1S/C12H16N3O11P.2Na/c16-11-9(26-10(12(11)17)5-25-27(22,23)24)4-13-6-1-7(14(18)19)3-8(2-6)15(20)21;;/h1-3,9-13,16-17H,4-5H2,(H2,22,23,24);;/q;2*+1/p-2/t9-,10-,11+,12-;;/m1../s1. The predicted octanol–water partition coefficient (Wildman–Crippen LogP) is -8.81. The fourth-order valence-corrected chi connectivity index (χ4v) is 2.75. The number of benzene rings is 1. The summed E-state index contributed by atoms with van der Waals surface area (Å²) in [6.45, 7) is -1.04. The number of nitro benzene ring substituents is 2. The summed E-state index contributed by atoms with van der Waals surface area (Å²) >= 11 is 0. The van der Waals surface area contributed by atoms with E-state index in [0.717, 1.165) is 18.2 Å². The van der Waals surface area contributed by atoms with Crippen LogP contribution in [0.2, 0.25) is 0 Å². The molecule has 14 nitrogen and oxygen atoms in total. The minimum atomic E-state index is -5.29.